The smallest absolute Gasteiger partial charge is 0.223 e. The highest BCUT2D eigenvalue weighted by molar-refractivity contribution is 7.99. The summed E-state index contributed by atoms with van der Waals surface area (Å²) >= 11 is 7.44. The molecular weight excluding hydrogens is 276 g/mol. The third-order valence-corrected chi connectivity index (χ3v) is 4.13. The van der Waals surface area contributed by atoms with Gasteiger partial charge in [0.15, 0.2) is 0 Å². The fourth-order valence-electron chi connectivity index (χ4n) is 1.64. The van der Waals surface area contributed by atoms with Crippen molar-refractivity contribution < 1.29 is 0 Å². The predicted molar refractivity (Wildman–Crippen MR) is 81.0 cm³/mol. The highest BCUT2D eigenvalue weighted by Gasteiger charge is 2.13. The SMILES string of the molecule is Cc1cnc(Cl)nc1Sc1ccc(C(C)(C)C)cc1. The molecule has 2 nitrogen and oxygen atoms in total. The fraction of sp³-hybridized carbons (Fsp3) is 0.333. The van der Waals surface area contributed by atoms with Gasteiger partial charge in [-0.05, 0) is 41.6 Å². The second-order valence-corrected chi connectivity index (χ2v) is 6.90. The zero-order valence-electron chi connectivity index (χ0n) is 11.6. The molecule has 1 heterocycles. The monoisotopic (exact) mass is 292 g/mol. The first-order valence-corrected chi connectivity index (χ1v) is 7.33. The van der Waals surface area contributed by atoms with E-state index in [1.807, 2.05) is 6.92 Å². The minimum Gasteiger partial charge on any atom is -0.226 e. The van der Waals surface area contributed by atoms with E-state index in [-0.39, 0.29) is 5.41 Å². The lowest BCUT2D eigenvalue weighted by molar-refractivity contribution is 0.590. The normalized spacial score (nSPS) is 11.6. The molecule has 0 N–H and O–H groups in total. The van der Waals surface area contributed by atoms with E-state index in [4.69, 9.17) is 11.6 Å². The summed E-state index contributed by atoms with van der Waals surface area (Å²) in [6.07, 6.45) is 1.75. The van der Waals surface area contributed by atoms with Crippen LogP contribution in [0.15, 0.2) is 40.4 Å². The maximum absolute atomic E-state index is 5.83. The molecule has 1 aromatic carbocycles. The molecule has 0 aliphatic heterocycles. The average Bonchev–Trinajstić information content (AvgIpc) is 2.33. The van der Waals surface area contributed by atoms with Crippen LogP contribution in [0, 0.1) is 6.92 Å². The van der Waals surface area contributed by atoms with Gasteiger partial charge in [0.25, 0.3) is 0 Å². The number of hydrogen-bond donors (Lipinski definition) is 0. The molecule has 0 aliphatic carbocycles. The Morgan fingerprint density at radius 1 is 1.11 bits per heavy atom. The summed E-state index contributed by atoms with van der Waals surface area (Å²) in [4.78, 5) is 9.38. The Labute approximate surface area is 123 Å². The van der Waals surface area contributed by atoms with Crippen LogP contribution in [0.3, 0.4) is 0 Å². The Hall–Kier alpha value is -1.06. The van der Waals surface area contributed by atoms with Crippen molar-refractivity contribution in [2.45, 2.75) is 43.0 Å². The summed E-state index contributed by atoms with van der Waals surface area (Å²) < 4.78 is 0. The van der Waals surface area contributed by atoms with E-state index in [0.29, 0.717) is 5.28 Å². The number of aryl methyl sites for hydroxylation is 1. The fourth-order valence-corrected chi connectivity index (χ4v) is 2.67. The van der Waals surface area contributed by atoms with Gasteiger partial charge in [0.1, 0.15) is 5.03 Å². The average molecular weight is 293 g/mol. The third kappa shape index (κ3) is 3.71. The van der Waals surface area contributed by atoms with E-state index in [9.17, 15) is 0 Å². The quantitative estimate of drug-likeness (QED) is 0.582. The molecule has 1 aromatic heterocycles. The van der Waals surface area contributed by atoms with E-state index < -0.39 is 0 Å². The van der Waals surface area contributed by atoms with Crippen molar-refractivity contribution in [3.63, 3.8) is 0 Å². The van der Waals surface area contributed by atoms with Gasteiger partial charge in [-0.1, -0.05) is 44.7 Å². The van der Waals surface area contributed by atoms with Gasteiger partial charge >= 0.3 is 0 Å². The Morgan fingerprint density at radius 3 is 2.32 bits per heavy atom. The molecule has 0 bridgehead atoms. The lowest BCUT2D eigenvalue weighted by Crippen LogP contribution is -2.10. The van der Waals surface area contributed by atoms with E-state index in [0.717, 1.165) is 15.5 Å². The molecule has 0 radical (unpaired) electrons. The lowest BCUT2D eigenvalue weighted by Gasteiger charge is -2.19. The Kier molecular flexibility index (Phi) is 4.16. The molecule has 2 aromatic rings. The van der Waals surface area contributed by atoms with E-state index in [2.05, 4.69) is 55.0 Å². The number of nitrogens with zero attached hydrogens (tertiary/aromatic N) is 2. The summed E-state index contributed by atoms with van der Waals surface area (Å²) in [6, 6.07) is 8.59. The van der Waals surface area contributed by atoms with Gasteiger partial charge in [-0.15, -0.1) is 0 Å². The van der Waals surface area contributed by atoms with Crippen LogP contribution in [0.2, 0.25) is 5.28 Å². The maximum atomic E-state index is 5.83. The van der Waals surface area contributed by atoms with Crippen LogP contribution in [-0.4, -0.2) is 9.97 Å². The van der Waals surface area contributed by atoms with Crippen molar-refractivity contribution in [1.82, 2.24) is 9.97 Å². The second kappa shape index (κ2) is 5.51. The van der Waals surface area contributed by atoms with Crippen molar-refractivity contribution in [2.24, 2.45) is 0 Å². The minimum atomic E-state index is 0.178. The van der Waals surface area contributed by atoms with Crippen LogP contribution < -0.4 is 0 Å². The zero-order chi connectivity index (χ0) is 14.0. The predicted octanol–water partition coefficient (Wildman–Crippen LogP) is 4.89. The van der Waals surface area contributed by atoms with E-state index in [1.165, 1.54) is 5.56 Å². The molecule has 0 aliphatic rings. The first-order valence-electron chi connectivity index (χ1n) is 6.14. The highest BCUT2D eigenvalue weighted by atomic mass is 35.5. The lowest BCUT2D eigenvalue weighted by atomic mass is 9.87. The summed E-state index contributed by atoms with van der Waals surface area (Å²) in [5, 5.41) is 1.20. The molecule has 0 amide bonds. The van der Waals surface area contributed by atoms with Gasteiger partial charge in [0, 0.05) is 16.7 Å². The number of hydrogen-bond acceptors (Lipinski definition) is 3. The molecule has 0 unspecified atom stereocenters. The van der Waals surface area contributed by atoms with Crippen LogP contribution in [0.4, 0.5) is 0 Å². The molecule has 0 saturated heterocycles. The molecule has 2 rings (SSSR count). The van der Waals surface area contributed by atoms with Gasteiger partial charge in [0.05, 0.1) is 0 Å². The number of rotatable bonds is 2. The van der Waals surface area contributed by atoms with Crippen LogP contribution in [0.5, 0.6) is 0 Å². The Morgan fingerprint density at radius 2 is 1.74 bits per heavy atom. The molecule has 0 spiro atoms. The summed E-state index contributed by atoms with van der Waals surface area (Å²) in [6.45, 7) is 8.62. The third-order valence-electron chi connectivity index (χ3n) is 2.83. The topological polar surface area (TPSA) is 25.8 Å². The Bertz CT molecular complexity index is 574. The van der Waals surface area contributed by atoms with Gasteiger partial charge < -0.3 is 0 Å². The van der Waals surface area contributed by atoms with Gasteiger partial charge in [-0.25, -0.2) is 9.97 Å². The van der Waals surface area contributed by atoms with Crippen LogP contribution in [-0.2, 0) is 5.41 Å². The van der Waals surface area contributed by atoms with Gasteiger partial charge in [-0.2, -0.15) is 0 Å². The van der Waals surface area contributed by atoms with Gasteiger partial charge in [0.2, 0.25) is 5.28 Å². The van der Waals surface area contributed by atoms with Crippen molar-refractivity contribution in [2.75, 3.05) is 0 Å². The standard InChI is InChI=1S/C15H17ClN2S/c1-10-9-17-14(16)18-13(10)19-12-7-5-11(6-8-12)15(2,3)4/h5-9H,1-4H3. The zero-order valence-corrected chi connectivity index (χ0v) is 13.1. The number of benzene rings is 1. The molecule has 0 atom stereocenters. The van der Waals surface area contributed by atoms with Crippen molar-refractivity contribution in [1.29, 1.82) is 0 Å². The largest absolute Gasteiger partial charge is 0.226 e. The first kappa shape index (κ1) is 14.4. The van der Waals surface area contributed by atoms with Crippen LogP contribution in [0.1, 0.15) is 31.9 Å². The summed E-state index contributed by atoms with van der Waals surface area (Å²) in [7, 11) is 0. The van der Waals surface area contributed by atoms with Crippen molar-refractivity contribution in [3.8, 4) is 0 Å². The molecule has 4 heteroatoms. The van der Waals surface area contributed by atoms with Gasteiger partial charge in [-0.3, -0.25) is 0 Å². The molecule has 100 valence electrons. The number of halogens is 1. The summed E-state index contributed by atoms with van der Waals surface area (Å²) in [5.74, 6) is 0. The maximum Gasteiger partial charge on any atom is 0.223 e. The van der Waals surface area contributed by atoms with E-state index >= 15 is 0 Å². The summed E-state index contributed by atoms with van der Waals surface area (Å²) in [5.41, 5.74) is 2.54. The molecule has 0 fully saturated rings. The Balaban J connectivity index is 2.22. The first-order chi connectivity index (χ1) is 8.86. The molecular formula is C15H17ClN2S. The van der Waals surface area contributed by atoms with Crippen LogP contribution in [0.25, 0.3) is 0 Å². The highest BCUT2D eigenvalue weighted by Crippen LogP contribution is 2.31. The molecule has 0 saturated carbocycles. The van der Waals surface area contributed by atoms with Crippen molar-refractivity contribution in [3.05, 3.63) is 46.9 Å². The minimum absolute atomic E-state index is 0.178. The van der Waals surface area contributed by atoms with E-state index in [1.54, 1.807) is 18.0 Å². The second-order valence-electron chi connectivity index (χ2n) is 5.50. The van der Waals surface area contributed by atoms with Crippen LogP contribution >= 0.6 is 23.4 Å². The van der Waals surface area contributed by atoms with Crippen molar-refractivity contribution >= 4 is 23.4 Å². The molecule has 19 heavy (non-hydrogen) atoms. The number of aromatic nitrogens is 2.